The van der Waals surface area contributed by atoms with Gasteiger partial charge in [0.1, 0.15) is 6.29 Å². The molecular formula is C14H18O2. The molecule has 0 amide bonds. The molecule has 0 N–H and O–H groups in total. The number of ether oxygens (including phenoxy) is 1. The maximum absolute atomic E-state index is 10.6. The summed E-state index contributed by atoms with van der Waals surface area (Å²) in [4.78, 5) is 10.6. The highest BCUT2D eigenvalue weighted by atomic mass is 16.5. The van der Waals surface area contributed by atoms with Gasteiger partial charge in [0.05, 0.1) is 12.7 Å². The summed E-state index contributed by atoms with van der Waals surface area (Å²) >= 11 is 0. The van der Waals surface area contributed by atoms with Crippen LogP contribution in [0.15, 0.2) is 24.3 Å². The third kappa shape index (κ3) is 3.17. The minimum atomic E-state index is 0.425. The summed E-state index contributed by atoms with van der Waals surface area (Å²) in [6.07, 6.45) is 7.61. The van der Waals surface area contributed by atoms with Gasteiger partial charge in [-0.25, -0.2) is 0 Å². The number of carbonyl (C=O) groups excluding carboxylic acids is 1. The predicted molar refractivity (Wildman–Crippen MR) is 63.5 cm³/mol. The van der Waals surface area contributed by atoms with Gasteiger partial charge in [-0.05, 0) is 24.5 Å². The Balaban J connectivity index is 1.85. The third-order valence-corrected chi connectivity index (χ3v) is 3.13. The molecule has 1 aliphatic carbocycles. The van der Waals surface area contributed by atoms with E-state index in [0.29, 0.717) is 12.7 Å². The second-order valence-electron chi connectivity index (χ2n) is 4.43. The first kappa shape index (κ1) is 11.3. The van der Waals surface area contributed by atoms with Gasteiger partial charge in [-0.1, -0.05) is 37.5 Å². The normalized spacial score (nSPS) is 17.2. The minimum absolute atomic E-state index is 0.425. The summed E-state index contributed by atoms with van der Waals surface area (Å²) in [6, 6.07) is 7.63. The molecular weight excluding hydrogens is 200 g/mol. The van der Waals surface area contributed by atoms with Crippen LogP contribution in [0.5, 0.6) is 0 Å². The van der Waals surface area contributed by atoms with Crippen molar-refractivity contribution < 1.29 is 9.53 Å². The van der Waals surface area contributed by atoms with Crippen LogP contribution in [-0.4, -0.2) is 12.4 Å². The van der Waals surface area contributed by atoms with Gasteiger partial charge >= 0.3 is 0 Å². The highest BCUT2D eigenvalue weighted by Crippen LogP contribution is 2.21. The van der Waals surface area contributed by atoms with E-state index in [9.17, 15) is 4.79 Å². The van der Waals surface area contributed by atoms with E-state index in [1.807, 2.05) is 24.3 Å². The Hall–Kier alpha value is -1.15. The zero-order chi connectivity index (χ0) is 11.2. The maximum Gasteiger partial charge on any atom is 0.150 e. The third-order valence-electron chi connectivity index (χ3n) is 3.13. The van der Waals surface area contributed by atoms with Gasteiger partial charge in [0.15, 0.2) is 0 Å². The molecule has 86 valence electrons. The molecule has 1 aromatic carbocycles. The molecule has 0 bridgehead atoms. The summed E-state index contributed by atoms with van der Waals surface area (Å²) in [5.41, 5.74) is 1.82. The number of aldehydes is 1. The summed E-state index contributed by atoms with van der Waals surface area (Å²) < 4.78 is 5.85. The van der Waals surface area contributed by atoms with Gasteiger partial charge < -0.3 is 4.74 Å². The van der Waals surface area contributed by atoms with E-state index in [1.54, 1.807) is 0 Å². The van der Waals surface area contributed by atoms with Crippen molar-refractivity contribution in [2.45, 2.75) is 44.8 Å². The summed E-state index contributed by atoms with van der Waals surface area (Å²) in [5.74, 6) is 0. The second kappa shape index (κ2) is 5.80. The van der Waals surface area contributed by atoms with E-state index < -0.39 is 0 Å². The van der Waals surface area contributed by atoms with E-state index in [2.05, 4.69) is 0 Å². The molecule has 0 aliphatic heterocycles. The number of carbonyl (C=O) groups is 1. The fourth-order valence-corrected chi connectivity index (χ4v) is 2.20. The Morgan fingerprint density at radius 1 is 1.25 bits per heavy atom. The molecule has 0 saturated heterocycles. The van der Waals surface area contributed by atoms with Crippen molar-refractivity contribution in [2.75, 3.05) is 0 Å². The van der Waals surface area contributed by atoms with Gasteiger partial charge in [0, 0.05) is 5.56 Å². The van der Waals surface area contributed by atoms with Crippen LogP contribution >= 0.6 is 0 Å². The Morgan fingerprint density at radius 2 is 2.06 bits per heavy atom. The lowest BCUT2D eigenvalue weighted by Crippen LogP contribution is -2.16. The molecule has 1 saturated carbocycles. The smallest absolute Gasteiger partial charge is 0.150 e. The van der Waals surface area contributed by atoms with Crippen LogP contribution in [0.3, 0.4) is 0 Å². The van der Waals surface area contributed by atoms with Crippen molar-refractivity contribution in [3.63, 3.8) is 0 Å². The lowest BCUT2D eigenvalue weighted by atomic mass is 9.98. The summed E-state index contributed by atoms with van der Waals surface area (Å²) in [6.45, 7) is 0.631. The Morgan fingerprint density at radius 3 is 2.81 bits per heavy atom. The first-order chi connectivity index (χ1) is 7.88. The van der Waals surface area contributed by atoms with Crippen LogP contribution in [-0.2, 0) is 11.3 Å². The number of benzene rings is 1. The molecule has 0 unspecified atom stereocenters. The van der Waals surface area contributed by atoms with Crippen molar-refractivity contribution in [1.29, 1.82) is 0 Å². The predicted octanol–water partition coefficient (Wildman–Crippen LogP) is 3.35. The standard InChI is InChI=1S/C14H18O2/c15-10-12-5-4-6-13(9-12)11-16-14-7-2-1-3-8-14/h4-6,9-10,14H,1-3,7-8,11H2. The minimum Gasteiger partial charge on any atom is -0.374 e. The van der Waals surface area contributed by atoms with E-state index in [1.165, 1.54) is 32.1 Å². The van der Waals surface area contributed by atoms with Crippen LogP contribution in [0.2, 0.25) is 0 Å². The highest BCUT2D eigenvalue weighted by Gasteiger charge is 2.13. The van der Waals surface area contributed by atoms with E-state index in [-0.39, 0.29) is 0 Å². The van der Waals surface area contributed by atoms with Gasteiger partial charge in [0.2, 0.25) is 0 Å². The Labute approximate surface area is 96.6 Å². The summed E-state index contributed by atoms with van der Waals surface area (Å²) in [5, 5.41) is 0. The monoisotopic (exact) mass is 218 g/mol. The molecule has 1 aliphatic rings. The van der Waals surface area contributed by atoms with E-state index >= 15 is 0 Å². The average Bonchev–Trinajstić information content (AvgIpc) is 2.38. The first-order valence-corrected chi connectivity index (χ1v) is 6.04. The molecule has 1 aromatic rings. The fourth-order valence-electron chi connectivity index (χ4n) is 2.20. The topological polar surface area (TPSA) is 26.3 Å². The van der Waals surface area contributed by atoms with Gasteiger partial charge in [-0.15, -0.1) is 0 Å². The lowest BCUT2D eigenvalue weighted by Gasteiger charge is -2.22. The molecule has 2 rings (SSSR count). The highest BCUT2D eigenvalue weighted by molar-refractivity contribution is 5.74. The number of hydrogen-bond donors (Lipinski definition) is 0. The van der Waals surface area contributed by atoms with Crippen molar-refractivity contribution in [2.24, 2.45) is 0 Å². The molecule has 2 nitrogen and oxygen atoms in total. The van der Waals surface area contributed by atoms with Crippen molar-refractivity contribution >= 4 is 6.29 Å². The Kier molecular flexibility index (Phi) is 4.11. The number of rotatable bonds is 4. The SMILES string of the molecule is O=Cc1cccc(COC2CCCCC2)c1. The molecule has 16 heavy (non-hydrogen) atoms. The van der Waals surface area contributed by atoms with Gasteiger partial charge in [-0.3, -0.25) is 4.79 Å². The Bertz CT molecular complexity index is 340. The molecule has 0 atom stereocenters. The number of hydrogen-bond acceptors (Lipinski definition) is 2. The first-order valence-electron chi connectivity index (χ1n) is 6.04. The largest absolute Gasteiger partial charge is 0.374 e. The molecule has 0 aromatic heterocycles. The molecule has 1 fully saturated rings. The van der Waals surface area contributed by atoms with E-state index in [0.717, 1.165) is 17.4 Å². The van der Waals surface area contributed by atoms with E-state index in [4.69, 9.17) is 4.74 Å². The van der Waals surface area contributed by atoms with Gasteiger partial charge in [-0.2, -0.15) is 0 Å². The van der Waals surface area contributed by atoms with Crippen molar-refractivity contribution in [3.8, 4) is 0 Å². The molecule has 0 spiro atoms. The second-order valence-corrected chi connectivity index (χ2v) is 4.43. The van der Waals surface area contributed by atoms with Crippen LogP contribution in [0.4, 0.5) is 0 Å². The molecule has 0 heterocycles. The molecule has 2 heteroatoms. The fraction of sp³-hybridized carbons (Fsp3) is 0.500. The van der Waals surface area contributed by atoms with Gasteiger partial charge in [0.25, 0.3) is 0 Å². The van der Waals surface area contributed by atoms with Crippen LogP contribution < -0.4 is 0 Å². The van der Waals surface area contributed by atoms with Crippen LogP contribution in [0.25, 0.3) is 0 Å². The zero-order valence-electron chi connectivity index (χ0n) is 9.52. The maximum atomic E-state index is 10.6. The average molecular weight is 218 g/mol. The molecule has 0 radical (unpaired) electrons. The lowest BCUT2D eigenvalue weighted by molar-refractivity contribution is 0.0168. The van der Waals surface area contributed by atoms with Crippen LogP contribution in [0.1, 0.15) is 48.0 Å². The quantitative estimate of drug-likeness (QED) is 0.724. The zero-order valence-corrected chi connectivity index (χ0v) is 9.52. The van der Waals surface area contributed by atoms with Crippen LogP contribution in [0, 0.1) is 0 Å². The van der Waals surface area contributed by atoms with Crippen molar-refractivity contribution in [1.82, 2.24) is 0 Å². The van der Waals surface area contributed by atoms with Crippen molar-refractivity contribution in [3.05, 3.63) is 35.4 Å². The summed E-state index contributed by atoms with van der Waals surface area (Å²) in [7, 11) is 0.